The summed E-state index contributed by atoms with van der Waals surface area (Å²) in [7, 11) is 0. The second-order valence-electron chi connectivity index (χ2n) is 5.73. The Balaban J connectivity index is 1.65. The minimum atomic E-state index is -1.04. The topological polar surface area (TPSA) is 82.7 Å². The van der Waals surface area contributed by atoms with Gasteiger partial charge >= 0.3 is 0 Å². The monoisotopic (exact) mass is 349 g/mol. The highest BCUT2D eigenvalue weighted by Gasteiger charge is 2.26. The number of nitrogens with zero attached hydrogens (tertiary/aromatic N) is 2. The summed E-state index contributed by atoms with van der Waals surface area (Å²) in [4.78, 5) is 20.0. The number of carbonyl (C=O) groups excluding carboxylic acids is 1. The fourth-order valence-electron chi connectivity index (χ4n) is 2.87. The van der Waals surface area contributed by atoms with Crippen LogP contribution >= 0.6 is 11.6 Å². The van der Waals surface area contributed by atoms with Crippen molar-refractivity contribution >= 4 is 39.4 Å². The van der Waals surface area contributed by atoms with E-state index in [0.29, 0.717) is 16.1 Å². The number of carbonyl (C=O) groups is 1. The Morgan fingerprint density at radius 3 is 2.96 bits per heavy atom. The zero-order valence-electron chi connectivity index (χ0n) is 13.0. The first-order valence-electron chi connectivity index (χ1n) is 7.69. The van der Waals surface area contributed by atoms with E-state index < -0.39 is 5.92 Å². The number of aromatic nitrogens is 2. The van der Waals surface area contributed by atoms with Crippen LogP contribution in [0, 0.1) is 11.3 Å². The number of H-pyrrole nitrogens is 1. The number of rotatable bonds is 4. The number of aromatic amines is 1. The van der Waals surface area contributed by atoms with Gasteiger partial charge in [-0.3, -0.25) is 4.79 Å². The van der Waals surface area contributed by atoms with Crippen molar-refractivity contribution in [3.63, 3.8) is 0 Å². The molecule has 0 saturated heterocycles. The molecule has 25 heavy (non-hydrogen) atoms. The van der Waals surface area contributed by atoms with Crippen LogP contribution in [0.2, 0.25) is 5.02 Å². The van der Waals surface area contributed by atoms with E-state index in [2.05, 4.69) is 9.97 Å². The summed E-state index contributed by atoms with van der Waals surface area (Å²) in [5.74, 6) is -1.16. The van der Waals surface area contributed by atoms with Crippen molar-refractivity contribution in [2.45, 2.75) is 12.3 Å². The highest BCUT2D eigenvalue weighted by atomic mass is 35.5. The van der Waals surface area contributed by atoms with Gasteiger partial charge in [0.2, 0.25) is 5.89 Å². The number of ketones is 1. The quantitative estimate of drug-likeness (QED) is 0.592. The molecule has 2 aromatic carbocycles. The van der Waals surface area contributed by atoms with Crippen molar-refractivity contribution in [2.24, 2.45) is 0 Å². The molecule has 6 heteroatoms. The predicted molar refractivity (Wildman–Crippen MR) is 94.4 cm³/mol. The first kappa shape index (κ1) is 15.4. The van der Waals surface area contributed by atoms with Crippen LogP contribution in [0.5, 0.6) is 0 Å². The van der Waals surface area contributed by atoms with Crippen molar-refractivity contribution in [2.75, 3.05) is 0 Å². The van der Waals surface area contributed by atoms with Gasteiger partial charge in [-0.2, -0.15) is 5.26 Å². The van der Waals surface area contributed by atoms with Gasteiger partial charge in [-0.25, -0.2) is 4.98 Å². The molecular weight excluding hydrogens is 338 g/mol. The Morgan fingerprint density at radius 2 is 2.16 bits per heavy atom. The summed E-state index contributed by atoms with van der Waals surface area (Å²) in [6, 6.07) is 14.6. The Kier molecular flexibility index (Phi) is 3.75. The van der Waals surface area contributed by atoms with Crippen LogP contribution in [0.15, 0.2) is 53.1 Å². The number of nitriles is 1. The van der Waals surface area contributed by atoms with Crippen molar-refractivity contribution in [3.8, 4) is 6.07 Å². The van der Waals surface area contributed by atoms with Gasteiger partial charge in [0.15, 0.2) is 17.3 Å². The minimum absolute atomic E-state index is 0.110. The molecule has 0 aliphatic heterocycles. The van der Waals surface area contributed by atoms with Gasteiger partial charge in [0.1, 0.15) is 5.52 Å². The zero-order valence-corrected chi connectivity index (χ0v) is 13.7. The second kappa shape index (κ2) is 6.08. The van der Waals surface area contributed by atoms with Gasteiger partial charge in [0.25, 0.3) is 0 Å². The molecule has 0 amide bonds. The predicted octanol–water partition coefficient (Wildman–Crippen LogP) is 4.38. The molecule has 0 radical (unpaired) electrons. The van der Waals surface area contributed by atoms with E-state index in [4.69, 9.17) is 16.0 Å². The van der Waals surface area contributed by atoms with Crippen LogP contribution in [0.3, 0.4) is 0 Å². The lowest BCUT2D eigenvalue weighted by molar-refractivity contribution is -0.119. The fourth-order valence-corrected chi connectivity index (χ4v) is 3.05. The van der Waals surface area contributed by atoms with Gasteiger partial charge < -0.3 is 9.40 Å². The lowest BCUT2D eigenvalue weighted by Gasteiger charge is -2.03. The smallest absolute Gasteiger partial charge is 0.220 e. The largest absolute Gasteiger partial charge is 0.439 e. The van der Waals surface area contributed by atoms with Crippen LogP contribution in [-0.4, -0.2) is 15.8 Å². The highest BCUT2D eigenvalue weighted by Crippen LogP contribution is 2.26. The Hall–Kier alpha value is -3.10. The maximum atomic E-state index is 12.7. The van der Waals surface area contributed by atoms with E-state index in [0.717, 1.165) is 16.5 Å². The molecule has 1 N–H and O–H groups in total. The van der Waals surface area contributed by atoms with Crippen molar-refractivity contribution in [1.82, 2.24) is 9.97 Å². The summed E-state index contributed by atoms with van der Waals surface area (Å²) in [6.07, 6.45) is 1.87. The number of nitrogens with one attached hydrogen (secondary N) is 1. The van der Waals surface area contributed by atoms with Crippen LogP contribution in [0.4, 0.5) is 0 Å². The Morgan fingerprint density at radius 1 is 1.32 bits per heavy atom. The van der Waals surface area contributed by atoms with E-state index in [1.807, 2.05) is 24.3 Å². The van der Waals surface area contributed by atoms with Gasteiger partial charge in [-0.1, -0.05) is 29.8 Å². The number of hydrogen-bond donors (Lipinski definition) is 1. The first-order valence-corrected chi connectivity index (χ1v) is 8.07. The molecular formula is C19H12ClN3O2. The van der Waals surface area contributed by atoms with Gasteiger partial charge in [-0.05, 0) is 29.8 Å². The number of benzene rings is 2. The number of fused-ring (bicyclic) bond motifs is 2. The number of hydrogen-bond acceptors (Lipinski definition) is 4. The number of Topliss-reactive ketones (excluding diaryl/α,β-unsaturated/α-hetero) is 1. The summed E-state index contributed by atoms with van der Waals surface area (Å²) < 4.78 is 5.58. The molecule has 0 aliphatic carbocycles. The number of para-hydroxylation sites is 2. The third-order valence-electron chi connectivity index (χ3n) is 4.10. The summed E-state index contributed by atoms with van der Waals surface area (Å²) in [5, 5.41) is 11.0. The third-order valence-corrected chi connectivity index (χ3v) is 4.34. The van der Waals surface area contributed by atoms with Gasteiger partial charge in [0.05, 0.1) is 6.07 Å². The fraction of sp³-hybridized carbons (Fsp3) is 0.105. The van der Waals surface area contributed by atoms with Crippen LogP contribution in [-0.2, 0) is 11.2 Å². The molecule has 0 fully saturated rings. The summed E-state index contributed by atoms with van der Waals surface area (Å²) >= 11 is 5.97. The van der Waals surface area contributed by atoms with E-state index in [1.54, 1.807) is 30.5 Å². The molecule has 0 spiro atoms. The molecule has 0 saturated carbocycles. The summed E-state index contributed by atoms with van der Waals surface area (Å²) in [6.45, 7) is 0. The van der Waals surface area contributed by atoms with E-state index in [9.17, 15) is 10.1 Å². The Labute approximate surface area is 147 Å². The van der Waals surface area contributed by atoms with Gasteiger partial charge in [-0.15, -0.1) is 0 Å². The molecule has 1 unspecified atom stereocenters. The standard InChI is InChI=1S/C19H12ClN3O2/c20-12-5-6-13-11(10-22-16(13)8-12)7-17(24)14(9-21)19-23-15-3-1-2-4-18(15)25-19/h1-6,8,10,14,22H,7H2. The van der Waals surface area contributed by atoms with Crippen LogP contribution in [0.25, 0.3) is 22.0 Å². The molecule has 2 heterocycles. The molecule has 0 aliphatic rings. The molecule has 4 aromatic rings. The summed E-state index contributed by atoms with van der Waals surface area (Å²) in [5.41, 5.74) is 2.86. The normalized spacial score (nSPS) is 12.3. The van der Waals surface area contributed by atoms with E-state index in [1.165, 1.54) is 0 Å². The highest BCUT2D eigenvalue weighted by molar-refractivity contribution is 6.31. The van der Waals surface area contributed by atoms with Crippen LogP contribution in [0.1, 0.15) is 17.4 Å². The second-order valence-corrected chi connectivity index (χ2v) is 6.17. The molecule has 4 rings (SSSR count). The van der Waals surface area contributed by atoms with Crippen molar-refractivity contribution < 1.29 is 9.21 Å². The average molecular weight is 350 g/mol. The van der Waals surface area contributed by atoms with Crippen LogP contribution < -0.4 is 0 Å². The first-order chi connectivity index (χ1) is 12.2. The van der Waals surface area contributed by atoms with Crippen molar-refractivity contribution in [1.29, 1.82) is 5.26 Å². The minimum Gasteiger partial charge on any atom is -0.439 e. The van der Waals surface area contributed by atoms with Gasteiger partial charge in [0, 0.05) is 28.5 Å². The molecule has 2 aromatic heterocycles. The lowest BCUT2D eigenvalue weighted by Crippen LogP contribution is -2.13. The van der Waals surface area contributed by atoms with Crippen molar-refractivity contribution in [3.05, 3.63) is 65.1 Å². The van der Waals surface area contributed by atoms with E-state index in [-0.39, 0.29) is 18.1 Å². The number of oxazole rings is 1. The lowest BCUT2D eigenvalue weighted by atomic mass is 9.98. The third kappa shape index (κ3) is 2.77. The molecule has 1 atom stereocenters. The van der Waals surface area contributed by atoms with E-state index >= 15 is 0 Å². The molecule has 122 valence electrons. The average Bonchev–Trinajstić information content (AvgIpc) is 3.19. The maximum Gasteiger partial charge on any atom is 0.220 e. The number of halogens is 1. The Bertz CT molecular complexity index is 1100. The maximum absolute atomic E-state index is 12.7. The zero-order chi connectivity index (χ0) is 17.4. The molecule has 5 nitrogen and oxygen atoms in total. The SMILES string of the molecule is N#CC(C(=O)Cc1c[nH]c2cc(Cl)ccc12)c1nc2ccccc2o1. The molecule has 0 bridgehead atoms.